The molecule has 0 unspecified atom stereocenters. The van der Waals surface area contributed by atoms with E-state index in [9.17, 15) is 4.79 Å². The number of aromatic nitrogens is 2. The van der Waals surface area contributed by atoms with Crippen LogP contribution in [0.1, 0.15) is 11.1 Å². The summed E-state index contributed by atoms with van der Waals surface area (Å²) in [6.45, 7) is 1.86. The van der Waals surface area contributed by atoms with E-state index in [4.69, 9.17) is 9.94 Å². The first kappa shape index (κ1) is 13.8. The maximum Gasteiger partial charge on any atom is 0.270 e. The molecule has 1 aromatic carbocycles. The Morgan fingerprint density at radius 3 is 2.73 bits per heavy atom. The van der Waals surface area contributed by atoms with Gasteiger partial charge in [-0.2, -0.15) is 4.98 Å². The van der Waals surface area contributed by atoms with E-state index in [-0.39, 0.29) is 17.0 Å². The second-order valence-corrected chi connectivity index (χ2v) is 4.68. The predicted molar refractivity (Wildman–Crippen MR) is 82.1 cm³/mol. The van der Waals surface area contributed by atoms with E-state index in [1.54, 1.807) is 24.4 Å². The van der Waals surface area contributed by atoms with Crippen LogP contribution >= 0.6 is 0 Å². The van der Waals surface area contributed by atoms with E-state index >= 15 is 0 Å². The SMILES string of the molecule is Cc1cccn2c(=O)c(C=NO)c(Oc3ccccc3)nc12. The molecule has 0 aliphatic carbocycles. The topological polar surface area (TPSA) is 76.2 Å². The van der Waals surface area contributed by atoms with Crippen LogP contribution in [0.3, 0.4) is 0 Å². The number of benzene rings is 1. The number of nitrogens with zero attached hydrogens (tertiary/aromatic N) is 3. The molecule has 0 aliphatic rings. The smallest absolute Gasteiger partial charge is 0.270 e. The molecule has 3 aromatic rings. The summed E-state index contributed by atoms with van der Waals surface area (Å²) in [4.78, 5) is 16.9. The maximum absolute atomic E-state index is 12.5. The van der Waals surface area contributed by atoms with Gasteiger partial charge in [-0.3, -0.25) is 9.20 Å². The summed E-state index contributed by atoms with van der Waals surface area (Å²) in [5, 5.41) is 11.7. The van der Waals surface area contributed by atoms with Crippen LogP contribution in [0.4, 0.5) is 0 Å². The minimum Gasteiger partial charge on any atom is -0.438 e. The van der Waals surface area contributed by atoms with Crippen molar-refractivity contribution in [3.63, 3.8) is 0 Å². The van der Waals surface area contributed by atoms with Gasteiger partial charge in [-0.1, -0.05) is 29.4 Å². The molecular weight excluding hydrogens is 282 g/mol. The lowest BCUT2D eigenvalue weighted by Gasteiger charge is -2.10. The van der Waals surface area contributed by atoms with Crippen LogP contribution in [-0.2, 0) is 0 Å². The zero-order valence-corrected chi connectivity index (χ0v) is 11.8. The third-order valence-corrected chi connectivity index (χ3v) is 3.19. The molecule has 3 rings (SSSR count). The molecule has 0 spiro atoms. The standard InChI is InChI=1S/C16H13N3O3/c1-11-6-5-9-19-14(11)18-15(13(10-17-21)16(19)20)22-12-7-3-2-4-8-12/h2-10,21H,1H3. The normalized spacial score (nSPS) is 11.1. The molecule has 2 aromatic heterocycles. The second-order valence-electron chi connectivity index (χ2n) is 4.68. The molecule has 6 nitrogen and oxygen atoms in total. The predicted octanol–water partition coefficient (Wildman–Crippen LogP) is 2.60. The van der Waals surface area contributed by atoms with Gasteiger partial charge < -0.3 is 9.94 Å². The molecule has 0 aliphatic heterocycles. The summed E-state index contributed by atoms with van der Waals surface area (Å²) < 4.78 is 7.07. The van der Waals surface area contributed by atoms with Gasteiger partial charge in [-0.15, -0.1) is 0 Å². The Kier molecular flexibility index (Phi) is 3.57. The quantitative estimate of drug-likeness (QED) is 0.458. The Hall–Kier alpha value is -3.15. The minimum absolute atomic E-state index is 0.0782. The lowest BCUT2D eigenvalue weighted by atomic mass is 10.2. The molecule has 22 heavy (non-hydrogen) atoms. The van der Waals surface area contributed by atoms with E-state index in [1.807, 2.05) is 31.2 Å². The Morgan fingerprint density at radius 2 is 2.00 bits per heavy atom. The molecule has 0 amide bonds. The van der Waals surface area contributed by atoms with Crippen LogP contribution in [0, 0.1) is 6.92 Å². The Balaban J connectivity index is 2.25. The lowest BCUT2D eigenvalue weighted by Crippen LogP contribution is -2.21. The fourth-order valence-corrected chi connectivity index (χ4v) is 2.14. The lowest BCUT2D eigenvalue weighted by molar-refractivity contribution is 0.321. The molecule has 0 atom stereocenters. The van der Waals surface area contributed by atoms with Gasteiger partial charge in [0, 0.05) is 6.20 Å². The molecule has 0 saturated heterocycles. The average Bonchev–Trinajstić information content (AvgIpc) is 2.53. The van der Waals surface area contributed by atoms with E-state index < -0.39 is 0 Å². The zero-order chi connectivity index (χ0) is 15.5. The summed E-state index contributed by atoms with van der Waals surface area (Å²) in [5.74, 6) is 0.642. The fraction of sp³-hybridized carbons (Fsp3) is 0.0625. The summed E-state index contributed by atoms with van der Waals surface area (Å²) >= 11 is 0. The van der Waals surface area contributed by atoms with E-state index in [0.717, 1.165) is 11.8 Å². The largest absolute Gasteiger partial charge is 0.438 e. The van der Waals surface area contributed by atoms with Crippen molar-refractivity contribution in [2.75, 3.05) is 0 Å². The first-order valence-electron chi connectivity index (χ1n) is 6.63. The maximum atomic E-state index is 12.5. The summed E-state index contributed by atoms with van der Waals surface area (Å²) in [5.41, 5.74) is 1.05. The average molecular weight is 295 g/mol. The fourth-order valence-electron chi connectivity index (χ4n) is 2.14. The van der Waals surface area contributed by atoms with Crippen LogP contribution in [0.15, 0.2) is 58.6 Å². The number of oxime groups is 1. The third-order valence-electron chi connectivity index (χ3n) is 3.19. The van der Waals surface area contributed by atoms with E-state index in [2.05, 4.69) is 10.1 Å². The molecule has 6 heteroatoms. The van der Waals surface area contributed by atoms with Gasteiger partial charge in [0.25, 0.3) is 5.56 Å². The van der Waals surface area contributed by atoms with E-state index in [1.165, 1.54) is 4.40 Å². The number of rotatable bonds is 3. The minimum atomic E-state index is -0.363. The number of hydrogen-bond acceptors (Lipinski definition) is 5. The number of aryl methyl sites for hydroxylation is 1. The summed E-state index contributed by atoms with van der Waals surface area (Å²) in [6, 6.07) is 12.6. The van der Waals surface area contributed by atoms with Crippen molar-refractivity contribution in [2.45, 2.75) is 6.92 Å². The Morgan fingerprint density at radius 1 is 1.23 bits per heavy atom. The monoisotopic (exact) mass is 295 g/mol. The summed E-state index contributed by atoms with van der Waals surface area (Å²) in [7, 11) is 0. The van der Waals surface area contributed by atoms with Gasteiger partial charge in [0.2, 0.25) is 5.88 Å². The molecule has 0 radical (unpaired) electrons. The van der Waals surface area contributed by atoms with Gasteiger partial charge >= 0.3 is 0 Å². The Labute approximate surface area is 125 Å². The van der Waals surface area contributed by atoms with Crippen LogP contribution in [0.5, 0.6) is 11.6 Å². The molecule has 0 saturated carbocycles. The molecule has 0 bridgehead atoms. The van der Waals surface area contributed by atoms with Crippen molar-refractivity contribution >= 4 is 11.9 Å². The van der Waals surface area contributed by atoms with Crippen molar-refractivity contribution < 1.29 is 9.94 Å². The summed E-state index contributed by atoms with van der Waals surface area (Å²) in [6.07, 6.45) is 2.64. The zero-order valence-electron chi connectivity index (χ0n) is 11.8. The van der Waals surface area contributed by atoms with Crippen molar-refractivity contribution in [3.8, 4) is 11.6 Å². The first-order chi connectivity index (χ1) is 10.7. The van der Waals surface area contributed by atoms with Gasteiger partial charge in [-0.25, -0.2) is 0 Å². The number of fused-ring (bicyclic) bond motifs is 1. The highest BCUT2D eigenvalue weighted by atomic mass is 16.5. The van der Waals surface area contributed by atoms with Crippen molar-refractivity contribution in [1.29, 1.82) is 0 Å². The van der Waals surface area contributed by atoms with Crippen LogP contribution in [-0.4, -0.2) is 20.8 Å². The second kappa shape index (κ2) is 5.69. The molecule has 110 valence electrons. The van der Waals surface area contributed by atoms with Crippen molar-refractivity contribution in [1.82, 2.24) is 9.38 Å². The number of ether oxygens (including phenoxy) is 1. The van der Waals surface area contributed by atoms with Crippen LogP contribution in [0.2, 0.25) is 0 Å². The van der Waals surface area contributed by atoms with Crippen molar-refractivity contribution in [2.24, 2.45) is 5.16 Å². The number of pyridine rings is 1. The van der Waals surface area contributed by atoms with Gasteiger partial charge in [0.15, 0.2) is 0 Å². The van der Waals surface area contributed by atoms with E-state index in [0.29, 0.717) is 11.4 Å². The highest BCUT2D eigenvalue weighted by molar-refractivity contribution is 5.82. The van der Waals surface area contributed by atoms with Gasteiger partial charge in [0.1, 0.15) is 17.0 Å². The number of para-hydroxylation sites is 1. The molecule has 0 fully saturated rings. The molecule has 2 heterocycles. The van der Waals surface area contributed by atoms with Gasteiger partial charge in [-0.05, 0) is 30.7 Å². The first-order valence-corrected chi connectivity index (χ1v) is 6.63. The van der Waals surface area contributed by atoms with Crippen molar-refractivity contribution in [3.05, 3.63) is 70.1 Å². The number of hydrogen-bond donors (Lipinski definition) is 1. The highest BCUT2D eigenvalue weighted by Crippen LogP contribution is 2.21. The van der Waals surface area contributed by atoms with Crippen LogP contribution in [0.25, 0.3) is 5.65 Å². The molecular formula is C16H13N3O3. The van der Waals surface area contributed by atoms with Crippen LogP contribution < -0.4 is 10.3 Å². The third kappa shape index (κ3) is 2.42. The molecule has 1 N–H and O–H groups in total. The Bertz CT molecular complexity index is 902. The highest BCUT2D eigenvalue weighted by Gasteiger charge is 2.14. The van der Waals surface area contributed by atoms with Gasteiger partial charge in [0.05, 0.1) is 6.21 Å².